The molecule has 0 radical (unpaired) electrons. The van der Waals surface area contributed by atoms with Gasteiger partial charge in [-0.25, -0.2) is 4.79 Å². The van der Waals surface area contributed by atoms with E-state index < -0.39 is 35.4 Å². The highest BCUT2D eigenvalue weighted by molar-refractivity contribution is 5.96. The number of guanidine groups is 1. The highest BCUT2D eigenvalue weighted by Crippen LogP contribution is 2.22. The number of aliphatic imine (C=N–C) groups is 1. The molecule has 0 spiro atoms. The number of hydrogen-bond acceptors (Lipinski definition) is 5. The van der Waals surface area contributed by atoms with Gasteiger partial charge in [-0.15, -0.1) is 0 Å². The summed E-state index contributed by atoms with van der Waals surface area (Å²) in [6.07, 6.45) is 3.49. The van der Waals surface area contributed by atoms with Gasteiger partial charge in [0.2, 0.25) is 17.7 Å². The molecule has 0 saturated carbocycles. The molecule has 1 unspecified atom stereocenters. The van der Waals surface area contributed by atoms with Gasteiger partial charge in [0.25, 0.3) is 0 Å². The number of likely N-dealkylation sites (tertiary alicyclic amines) is 1. The van der Waals surface area contributed by atoms with Crippen LogP contribution in [0, 0.1) is 0 Å². The van der Waals surface area contributed by atoms with Crippen LogP contribution in [0.2, 0.25) is 0 Å². The SMILES string of the molecule is CC(Cc1ccccc1)(NC(=O)[C@@H]1CCCN1C(=O)CCCc1ccccc1)C(=O)N[C@@H](CCCN=C(N)N)C(=O)O. The Morgan fingerprint density at radius 2 is 1.67 bits per heavy atom. The minimum atomic E-state index is -1.48. The highest BCUT2D eigenvalue weighted by Gasteiger charge is 2.41. The molecule has 1 fully saturated rings. The van der Waals surface area contributed by atoms with E-state index in [2.05, 4.69) is 15.6 Å². The van der Waals surface area contributed by atoms with E-state index in [1.54, 1.807) is 11.8 Å². The van der Waals surface area contributed by atoms with Crippen LogP contribution >= 0.6 is 0 Å². The van der Waals surface area contributed by atoms with E-state index in [-0.39, 0.29) is 31.3 Å². The van der Waals surface area contributed by atoms with Crippen molar-refractivity contribution in [2.75, 3.05) is 13.1 Å². The Balaban J connectivity index is 1.70. The van der Waals surface area contributed by atoms with Gasteiger partial charge in [-0.1, -0.05) is 60.7 Å². The normalized spacial score (nSPS) is 16.6. The first-order chi connectivity index (χ1) is 20.1. The molecule has 3 rings (SSSR count). The number of carbonyl (C=O) groups is 4. The van der Waals surface area contributed by atoms with Crippen LogP contribution in [0.3, 0.4) is 0 Å². The number of rotatable bonds is 15. The van der Waals surface area contributed by atoms with E-state index in [4.69, 9.17) is 11.5 Å². The number of nitrogens with one attached hydrogen (secondary N) is 2. The minimum absolute atomic E-state index is 0.0930. The fraction of sp³-hybridized carbons (Fsp3) is 0.452. The zero-order valence-electron chi connectivity index (χ0n) is 24.1. The molecule has 7 N–H and O–H groups in total. The molecule has 1 saturated heterocycles. The van der Waals surface area contributed by atoms with Crippen molar-refractivity contribution in [3.05, 3.63) is 71.8 Å². The number of nitrogens with two attached hydrogens (primary N) is 2. The maximum absolute atomic E-state index is 13.6. The summed E-state index contributed by atoms with van der Waals surface area (Å²) in [5.41, 5.74) is 11.1. The summed E-state index contributed by atoms with van der Waals surface area (Å²) in [4.78, 5) is 57.8. The monoisotopic (exact) mass is 578 g/mol. The molecule has 42 heavy (non-hydrogen) atoms. The number of amides is 3. The highest BCUT2D eigenvalue weighted by atomic mass is 16.4. The maximum Gasteiger partial charge on any atom is 0.326 e. The van der Waals surface area contributed by atoms with Crippen molar-refractivity contribution in [2.45, 2.75) is 75.9 Å². The largest absolute Gasteiger partial charge is 0.480 e. The van der Waals surface area contributed by atoms with Crippen LogP contribution in [0.1, 0.15) is 56.6 Å². The van der Waals surface area contributed by atoms with E-state index in [1.807, 2.05) is 60.7 Å². The number of carboxylic acid groups (broad SMARTS) is 1. The van der Waals surface area contributed by atoms with Gasteiger partial charge in [-0.2, -0.15) is 0 Å². The first-order valence-corrected chi connectivity index (χ1v) is 14.4. The van der Waals surface area contributed by atoms with E-state index in [0.717, 1.165) is 17.5 Å². The van der Waals surface area contributed by atoms with Crippen LogP contribution in [0.25, 0.3) is 0 Å². The Hall–Kier alpha value is -4.41. The number of carboxylic acids is 1. The fourth-order valence-corrected chi connectivity index (χ4v) is 5.19. The second kappa shape index (κ2) is 15.6. The third-order valence-electron chi connectivity index (χ3n) is 7.42. The number of aliphatic carboxylic acids is 1. The van der Waals surface area contributed by atoms with Crippen molar-refractivity contribution in [3.8, 4) is 0 Å². The lowest BCUT2D eigenvalue weighted by molar-refractivity contribution is -0.144. The smallest absolute Gasteiger partial charge is 0.326 e. The molecule has 3 atom stereocenters. The predicted octanol–water partition coefficient (Wildman–Crippen LogP) is 1.74. The van der Waals surface area contributed by atoms with Crippen molar-refractivity contribution < 1.29 is 24.3 Å². The molecule has 3 amide bonds. The molecule has 1 heterocycles. The van der Waals surface area contributed by atoms with Gasteiger partial charge < -0.3 is 32.1 Å². The van der Waals surface area contributed by atoms with Gasteiger partial charge in [0.1, 0.15) is 17.6 Å². The van der Waals surface area contributed by atoms with Gasteiger partial charge in [-0.3, -0.25) is 19.4 Å². The molecular formula is C31H42N6O5. The summed E-state index contributed by atoms with van der Waals surface area (Å²) in [7, 11) is 0. The summed E-state index contributed by atoms with van der Waals surface area (Å²) in [5.74, 6) is -2.46. The lowest BCUT2D eigenvalue weighted by Crippen LogP contribution is -2.63. The summed E-state index contributed by atoms with van der Waals surface area (Å²) >= 11 is 0. The quantitative estimate of drug-likeness (QED) is 0.121. The minimum Gasteiger partial charge on any atom is -0.480 e. The molecule has 0 aromatic heterocycles. The van der Waals surface area contributed by atoms with Gasteiger partial charge in [-0.05, 0) is 56.6 Å². The topological polar surface area (TPSA) is 180 Å². The fourth-order valence-electron chi connectivity index (χ4n) is 5.19. The Labute approximate surface area is 246 Å². The number of hydrogen-bond donors (Lipinski definition) is 5. The van der Waals surface area contributed by atoms with Gasteiger partial charge in [0.05, 0.1) is 0 Å². The van der Waals surface area contributed by atoms with Gasteiger partial charge in [0.15, 0.2) is 5.96 Å². The molecule has 226 valence electrons. The standard InChI is InChI=1S/C31H42N6O5/c1-31(21-23-13-6-3-7-14-23,29(42)35-24(28(40)41)16-9-19-34-30(32)33)36-27(39)25-17-10-20-37(25)26(38)18-8-15-22-11-4-2-5-12-22/h2-7,11-14,24-25H,8-10,15-21H2,1H3,(H,35,42)(H,36,39)(H,40,41)(H4,32,33,34)/t24-,25-,31?/m0/s1. The Bertz CT molecular complexity index is 1230. The van der Waals surface area contributed by atoms with Crippen molar-refractivity contribution in [2.24, 2.45) is 16.5 Å². The third-order valence-corrected chi connectivity index (χ3v) is 7.42. The zero-order chi connectivity index (χ0) is 30.5. The molecule has 1 aliphatic rings. The number of nitrogens with zero attached hydrogens (tertiary/aromatic N) is 2. The average Bonchev–Trinajstić information content (AvgIpc) is 3.46. The summed E-state index contributed by atoms with van der Waals surface area (Å²) in [6, 6.07) is 17.2. The van der Waals surface area contributed by atoms with Crippen LogP contribution in [0.4, 0.5) is 0 Å². The first-order valence-electron chi connectivity index (χ1n) is 14.4. The van der Waals surface area contributed by atoms with Crippen molar-refractivity contribution in [1.82, 2.24) is 15.5 Å². The number of benzene rings is 2. The number of aryl methyl sites for hydroxylation is 1. The zero-order valence-corrected chi connectivity index (χ0v) is 24.1. The molecule has 11 heteroatoms. The van der Waals surface area contributed by atoms with E-state index >= 15 is 0 Å². The van der Waals surface area contributed by atoms with E-state index in [9.17, 15) is 24.3 Å². The molecule has 11 nitrogen and oxygen atoms in total. The second-order valence-electron chi connectivity index (χ2n) is 10.9. The van der Waals surface area contributed by atoms with Crippen LogP contribution in [0.15, 0.2) is 65.7 Å². The third kappa shape index (κ3) is 9.60. The van der Waals surface area contributed by atoms with Gasteiger partial charge in [0, 0.05) is 25.9 Å². The summed E-state index contributed by atoms with van der Waals surface area (Å²) in [5, 5.41) is 15.2. The molecule has 0 aliphatic carbocycles. The number of carbonyl (C=O) groups excluding carboxylic acids is 3. The lowest BCUT2D eigenvalue weighted by atomic mass is 9.90. The summed E-state index contributed by atoms with van der Waals surface area (Å²) in [6.45, 7) is 2.27. The Morgan fingerprint density at radius 1 is 1.02 bits per heavy atom. The first kappa shape index (κ1) is 32.1. The van der Waals surface area contributed by atoms with Crippen molar-refractivity contribution >= 4 is 29.7 Å². The van der Waals surface area contributed by atoms with E-state index in [0.29, 0.717) is 38.6 Å². The molecule has 2 aromatic rings. The predicted molar refractivity (Wildman–Crippen MR) is 160 cm³/mol. The van der Waals surface area contributed by atoms with Crippen LogP contribution in [-0.2, 0) is 32.0 Å². The second-order valence-corrected chi connectivity index (χ2v) is 10.9. The van der Waals surface area contributed by atoms with E-state index in [1.165, 1.54) is 0 Å². The Kier molecular flexibility index (Phi) is 11.9. The van der Waals surface area contributed by atoms with Gasteiger partial charge >= 0.3 is 5.97 Å². The molecule has 1 aliphatic heterocycles. The maximum atomic E-state index is 13.6. The van der Waals surface area contributed by atoms with Crippen LogP contribution in [0.5, 0.6) is 0 Å². The van der Waals surface area contributed by atoms with Crippen molar-refractivity contribution in [1.29, 1.82) is 0 Å². The van der Waals surface area contributed by atoms with Crippen LogP contribution < -0.4 is 22.1 Å². The molecule has 2 aromatic carbocycles. The summed E-state index contributed by atoms with van der Waals surface area (Å²) < 4.78 is 0. The lowest BCUT2D eigenvalue weighted by Gasteiger charge is -2.34. The average molecular weight is 579 g/mol. The van der Waals surface area contributed by atoms with Crippen molar-refractivity contribution in [3.63, 3.8) is 0 Å². The Morgan fingerprint density at radius 3 is 2.29 bits per heavy atom. The molecule has 0 bridgehead atoms. The van der Waals surface area contributed by atoms with Crippen LogP contribution in [-0.4, -0.2) is 70.4 Å². The molecular weight excluding hydrogens is 536 g/mol.